The summed E-state index contributed by atoms with van der Waals surface area (Å²) in [4.78, 5) is 26.6. The molecule has 2 saturated heterocycles. The fourth-order valence-electron chi connectivity index (χ4n) is 3.02. The molecule has 2 heterocycles. The van der Waals surface area contributed by atoms with Crippen LogP contribution in [-0.2, 0) is 4.79 Å². The summed E-state index contributed by atoms with van der Waals surface area (Å²) in [6, 6.07) is 4.60. The number of carbonyl (C=O) groups excluding carboxylic acids is 2. The van der Waals surface area contributed by atoms with Crippen molar-refractivity contribution in [2.24, 2.45) is 0 Å². The van der Waals surface area contributed by atoms with Gasteiger partial charge in [0.2, 0.25) is 0 Å². The molecule has 0 aromatic heterocycles. The summed E-state index contributed by atoms with van der Waals surface area (Å²) in [5, 5.41) is 14.8. The van der Waals surface area contributed by atoms with Crippen molar-refractivity contribution < 1.29 is 9.59 Å². The predicted molar refractivity (Wildman–Crippen MR) is 97.3 cm³/mol. The smallest absolute Gasteiger partial charge is 0.267 e. The van der Waals surface area contributed by atoms with Gasteiger partial charge in [0.15, 0.2) is 0 Å². The quantitative estimate of drug-likeness (QED) is 0.653. The standard InChI is InChI=1S/C17H18Cl2N4O2/c1-9-6-14(20)11(15-16(24)22-5-4-21-15)8-23(9)17(25)10-2-3-12(18)13(19)7-10/h2-3,7,9,20-21H,4-6,8H2,1H3,(H,22,24)/b15-11-,20-14?/t9-/m1/s1. The lowest BCUT2D eigenvalue weighted by molar-refractivity contribution is -0.118. The zero-order valence-electron chi connectivity index (χ0n) is 13.7. The molecule has 2 fully saturated rings. The molecule has 0 saturated carbocycles. The molecule has 0 bridgehead atoms. The maximum absolute atomic E-state index is 12.9. The number of benzene rings is 1. The molecule has 0 unspecified atom stereocenters. The van der Waals surface area contributed by atoms with Crippen LogP contribution in [0.5, 0.6) is 0 Å². The van der Waals surface area contributed by atoms with E-state index in [2.05, 4.69) is 10.6 Å². The van der Waals surface area contributed by atoms with Crippen molar-refractivity contribution in [3.8, 4) is 0 Å². The van der Waals surface area contributed by atoms with E-state index >= 15 is 0 Å². The first-order valence-corrected chi connectivity index (χ1v) is 8.73. The third-order valence-corrected chi connectivity index (χ3v) is 5.13. The number of nitrogens with one attached hydrogen (secondary N) is 3. The van der Waals surface area contributed by atoms with Crippen molar-refractivity contribution in [1.29, 1.82) is 5.41 Å². The van der Waals surface area contributed by atoms with Gasteiger partial charge in [0.1, 0.15) is 5.70 Å². The van der Waals surface area contributed by atoms with Gasteiger partial charge in [-0.2, -0.15) is 0 Å². The minimum Gasteiger partial charge on any atom is -0.378 e. The summed E-state index contributed by atoms with van der Waals surface area (Å²) in [5.41, 5.74) is 1.75. The Morgan fingerprint density at radius 3 is 2.64 bits per heavy atom. The number of halogens is 2. The van der Waals surface area contributed by atoms with Gasteiger partial charge >= 0.3 is 0 Å². The highest BCUT2D eigenvalue weighted by Gasteiger charge is 2.33. The highest BCUT2D eigenvalue weighted by molar-refractivity contribution is 6.42. The molecule has 132 valence electrons. The largest absolute Gasteiger partial charge is 0.378 e. The second-order valence-electron chi connectivity index (χ2n) is 6.13. The lowest BCUT2D eigenvalue weighted by Crippen LogP contribution is -2.50. The number of piperazine rings is 1. The van der Waals surface area contributed by atoms with Crippen LogP contribution in [0.3, 0.4) is 0 Å². The molecular formula is C17H18Cl2N4O2. The van der Waals surface area contributed by atoms with Crippen LogP contribution in [0.25, 0.3) is 0 Å². The monoisotopic (exact) mass is 380 g/mol. The summed E-state index contributed by atoms with van der Waals surface area (Å²) < 4.78 is 0. The zero-order valence-corrected chi connectivity index (χ0v) is 15.2. The first-order valence-electron chi connectivity index (χ1n) is 7.97. The van der Waals surface area contributed by atoms with E-state index < -0.39 is 0 Å². The van der Waals surface area contributed by atoms with Crippen LogP contribution in [0.15, 0.2) is 29.5 Å². The molecule has 2 aliphatic rings. The van der Waals surface area contributed by atoms with E-state index in [9.17, 15) is 9.59 Å². The molecule has 3 rings (SSSR count). The maximum atomic E-state index is 12.9. The Morgan fingerprint density at radius 2 is 1.96 bits per heavy atom. The second-order valence-corrected chi connectivity index (χ2v) is 6.94. The average Bonchev–Trinajstić information content (AvgIpc) is 2.58. The molecule has 8 heteroatoms. The summed E-state index contributed by atoms with van der Waals surface area (Å²) in [6.45, 7) is 3.24. The third kappa shape index (κ3) is 3.50. The van der Waals surface area contributed by atoms with Crippen LogP contribution in [0.2, 0.25) is 10.0 Å². The fraction of sp³-hybridized carbons (Fsp3) is 0.353. The van der Waals surface area contributed by atoms with Gasteiger partial charge in [0.05, 0.1) is 16.6 Å². The minimum atomic E-state index is -0.234. The van der Waals surface area contributed by atoms with Crippen LogP contribution in [0.1, 0.15) is 23.7 Å². The lowest BCUT2D eigenvalue weighted by Gasteiger charge is -2.37. The van der Waals surface area contributed by atoms with E-state index in [4.69, 9.17) is 28.6 Å². The van der Waals surface area contributed by atoms with Gasteiger partial charge in [-0.15, -0.1) is 0 Å². The Morgan fingerprint density at radius 1 is 1.24 bits per heavy atom. The maximum Gasteiger partial charge on any atom is 0.267 e. The Balaban J connectivity index is 1.91. The van der Waals surface area contributed by atoms with Crippen molar-refractivity contribution in [3.63, 3.8) is 0 Å². The van der Waals surface area contributed by atoms with Crippen molar-refractivity contribution >= 4 is 40.7 Å². The Kier molecular flexibility index (Phi) is 5.01. The highest BCUT2D eigenvalue weighted by atomic mass is 35.5. The molecule has 1 aromatic carbocycles. The number of hydrogen-bond donors (Lipinski definition) is 3. The van der Waals surface area contributed by atoms with Crippen LogP contribution in [0.4, 0.5) is 0 Å². The van der Waals surface area contributed by atoms with E-state index in [0.717, 1.165) is 0 Å². The predicted octanol–water partition coefficient (Wildman–Crippen LogP) is 2.22. The number of carbonyl (C=O) groups is 2. The van der Waals surface area contributed by atoms with E-state index in [-0.39, 0.29) is 24.4 Å². The van der Waals surface area contributed by atoms with Gasteiger partial charge in [-0.25, -0.2) is 0 Å². The van der Waals surface area contributed by atoms with Gasteiger partial charge in [-0.05, 0) is 25.1 Å². The van der Waals surface area contributed by atoms with E-state index in [1.807, 2.05) is 6.92 Å². The number of likely N-dealkylation sites (tertiary alicyclic amines) is 1. The second kappa shape index (κ2) is 7.06. The van der Waals surface area contributed by atoms with Crippen molar-refractivity contribution in [1.82, 2.24) is 15.5 Å². The van der Waals surface area contributed by atoms with Crippen molar-refractivity contribution in [2.75, 3.05) is 19.6 Å². The topological polar surface area (TPSA) is 85.3 Å². The Hall–Kier alpha value is -2.05. The van der Waals surface area contributed by atoms with E-state index in [0.29, 0.717) is 52.1 Å². The number of nitrogens with zero attached hydrogens (tertiary/aromatic N) is 1. The molecular weight excluding hydrogens is 363 g/mol. The summed E-state index contributed by atoms with van der Waals surface area (Å²) in [6.07, 6.45) is 0.390. The van der Waals surface area contributed by atoms with Gasteiger partial charge in [-0.1, -0.05) is 23.2 Å². The van der Waals surface area contributed by atoms with Crippen LogP contribution in [0, 0.1) is 5.41 Å². The number of piperidine rings is 1. The molecule has 6 nitrogen and oxygen atoms in total. The Labute approximate surface area is 155 Å². The fourth-order valence-corrected chi connectivity index (χ4v) is 3.32. The van der Waals surface area contributed by atoms with Crippen molar-refractivity contribution in [2.45, 2.75) is 19.4 Å². The number of hydrogen-bond acceptors (Lipinski definition) is 4. The van der Waals surface area contributed by atoms with Crippen molar-refractivity contribution in [3.05, 3.63) is 45.1 Å². The molecule has 3 N–H and O–H groups in total. The van der Waals surface area contributed by atoms with Gasteiger partial charge in [0, 0.05) is 42.4 Å². The Bertz CT molecular complexity index is 791. The van der Waals surface area contributed by atoms with E-state index in [1.54, 1.807) is 17.0 Å². The molecule has 0 radical (unpaired) electrons. The molecule has 0 aliphatic carbocycles. The van der Waals surface area contributed by atoms with Gasteiger partial charge in [0.25, 0.3) is 11.8 Å². The number of rotatable bonds is 1. The molecule has 25 heavy (non-hydrogen) atoms. The molecule has 2 aliphatic heterocycles. The van der Waals surface area contributed by atoms with E-state index in [1.165, 1.54) is 6.07 Å². The van der Waals surface area contributed by atoms with Crippen LogP contribution in [-0.4, -0.2) is 48.1 Å². The number of amides is 2. The van der Waals surface area contributed by atoms with Gasteiger partial charge in [-0.3, -0.25) is 9.59 Å². The SMILES string of the molecule is C[C@@H]1CC(=N)/C(=C2\NCCNC2=O)CN1C(=O)c1ccc(Cl)c(Cl)c1. The first kappa shape index (κ1) is 17.8. The molecule has 0 spiro atoms. The van der Waals surface area contributed by atoms with Crippen LogP contribution < -0.4 is 10.6 Å². The summed E-state index contributed by atoms with van der Waals surface area (Å²) in [7, 11) is 0. The highest BCUT2D eigenvalue weighted by Crippen LogP contribution is 2.26. The normalized spacial score (nSPS) is 24.0. The molecule has 2 amide bonds. The zero-order chi connectivity index (χ0) is 18.1. The third-order valence-electron chi connectivity index (χ3n) is 4.39. The molecule has 1 atom stereocenters. The minimum absolute atomic E-state index is 0.148. The van der Waals surface area contributed by atoms with Crippen LogP contribution >= 0.6 is 23.2 Å². The summed E-state index contributed by atoms with van der Waals surface area (Å²) in [5.74, 6) is -0.435. The van der Waals surface area contributed by atoms with Gasteiger partial charge < -0.3 is 20.9 Å². The molecule has 1 aromatic rings. The lowest BCUT2D eigenvalue weighted by atomic mass is 9.93. The summed E-state index contributed by atoms with van der Waals surface area (Å²) >= 11 is 11.9. The first-order chi connectivity index (χ1) is 11.9. The average molecular weight is 381 g/mol.